The zero-order chi connectivity index (χ0) is 18.8. The normalized spacial score (nSPS) is 15.2. The number of aromatic nitrogens is 2. The molecule has 0 radical (unpaired) electrons. The van der Waals surface area contributed by atoms with Crippen LogP contribution >= 0.6 is 0 Å². The zero-order valence-corrected chi connectivity index (χ0v) is 14.4. The molecule has 1 aromatic heterocycles. The van der Waals surface area contributed by atoms with Crippen LogP contribution in [0.1, 0.15) is 16.3 Å². The molecule has 138 valence electrons. The van der Waals surface area contributed by atoms with Crippen molar-refractivity contribution < 1.29 is 18.0 Å². The highest BCUT2D eigenvalue weighted by molar-refractivity contribution is 6.03. The maximum Gasteiger partial charge on any atom is 0.274 e. The molecule has 1 aliphatic rings. The van der Waals surface area contributed by atoms with Crippen LogP contribution in [0.2, 0.25) is 0 Å². The Morgan fingerprint density at radius 3 is 2.46 bits per heavy atom. The van der Waals surface area contributed by atoms with E-state index in [1.54, 1.807) is 6.92 Å². The molecule has 9 heteroatoms. The van der Waals surface area contributed by atoms with Crippen molar-refractivity contribution in [3.05, 3.63) is 47.2 Å². The van der Waals surface area contributed by atoms with Crippen LogP contribution in [-0.4, -0.2) is 54.0 Å². The third-order valence-corrected chi connectivity index (χ3v) is 4.17. The van der Waals surface area contributed by atoms with Crippen LogP contribution in [0.4, 0.5) is 24.7 Å². The van der Waals surface area contributed by atoms with Crippen molar-refractivity contribution in [1.29, 1.82) is 0 Å². The number of carbonyl (C=O) groups excluding carboxylic acids is 1. The molecule has 1 N–H and O–H groups in total. The van der Waals surface area contributed by atoms with E-state index in [0.29, 0.717) is 11.6 Å². The smallest absolute Gasteiger partial charge is 0.274 e. The molecule has 6 nitrogen and oxygen atoms in total. The second-order valence-electron chi connectivity index (χ2n) is 6.13. The molecule has 3 rings (SSSR count). The minimum atomic E-state index is -1.64. The molecule has 0 bridgehead atoms. The van der Waals surface area contributed by atoms with Gasteiger partial charge in [0.1, 0.15) is 17.3 Å². The summed E-state index contributed by atoms with van der Waals surface area (Å²) in [5.74, 6) is -4.16. The molecule has 1 aromatic carbocycles. The molecule has 2 aromatic rings. The fourth-order valence-corrected chi connectivity index (χ4v) is 2.67. The van der Waals surface area contributed by atoms with Crippen molar-refractivity contribution in [2.45, 2.75) is 6.92 Å². The number of rotatable bonds is 3. The minimum absolute atomic E-state index is 0.0237. The average Bonchev–Trinajstić information content (AvgIpc) is 2.62. The first kappa shape index (κ1) is 18.1. The van der Waals surface area contributed by atoms with Gasteiger partial charge in [0.15, 0.2) is 17.5 Å². The van der Waals surface area contributed by atoms with Gasteiger partial charge in [-0.2, -0.15) is 0 Å². The van der Waals surface area contributed by atoms with E-state index in [-0.39, 0.29) is 5.69 Å². The predicted octanol–water partition coefficient (Wildman–Crippen LogP) is 2.21. The summed E-state index contributed by atoms with van der Waals surface area (Å²) < 4.78 is 40.1. The van der Waals surface area contributed by atoms with Gasteiger partial charge in [0.2, 0.25) is 0 Å². The van der Waals surface area contributed by atoms with Crippen LogP contribution < -0.4 is 10.2 Å². The van der Waals surface area contributed by atoms with E-state index in [1.165, 1.54) is 6.07 Å². The van der Waals surface area contributed by atoms with E-state index in [4.69, 9.17) is 0 Å². The van der Waals surface area contributed by atoms with Gasteiger partial charge in [0, 0.05) is 32.2 Å². The van der Waals surface area contributed by atoms with Crippen molar-refractivity contribution in [1.82, 2.24) is 14.9 Å². The van der Waals surface area contributed by atoms with Gasteiger partial charge >= 0.3 is 0 Å². The number of anilines is 2. The molecule has 0 unspecified atom stereocenters. The fraction of sp³-hybridized carbons (Fsp3) is 0.353. The van der Waals surface area contributed by atoms with E-state index < -0.39 is 29.0 Å². The second-order valence-corrected chi connectivity index (χ2v) is 6.13. The van der Waals surface area contributed by atoms with E-state index in [1.807, 2.05) is 11.9 Å². The Kier molecular flexibility index (Phi) is 5.08. The van der Waals surface area contributed by atoms with Gasteiger partial charge in [-0.1, -0.05) is 0 Å². The summed E-state index contributed by atoms with van der Waals surface area (Å²) in [6.45, 7) is 4.89. The van der Waals surface area contributed by atoms with Gasteiger partial charge in [0.05, 0.1) is 5.69 Å². The SMILES string of the molecule is Cc1nc(C(=O)Nc2ccc(F)c(F)c2F)cc(N2CCN(C)CC2)n1. The molecule has 26 heavy (non-hydrogen) atoms. The highest BCUT2D eigenvalue weighted by Gasteiger charge is 2.20. The van der Waals surface area contributed by atoms with Crippen LogP contribution in [0.25, 0.3) is 0 Å². The van der Waals surface area contributed by atoms with Gasteiger partial charge in [-0.3, -0.25) is 4.79 Å². The van der Waals surface area contributed by atoms with Crippen molar-refractivity contribution >= 4 is 17.4 Å². The molecule has 1 saturated heterocycles. The monoisotopic (exact) mass is 365 g/mol. The molecule has 0 spiro atoms. The van der Waals surface area contributed by atoms with Crippen LogP contribution in [0, 0.1) is 24.4 Å². The number of nitrogens with one attached hydrogen (secondary N) is 1. The van der Waals surface area contributed by atoms with E-state index in [2.05, 4.69) is 20.2 Å². The van der Waals surface area contributed by atoms with Crippen LogP contribution in [0.5, 0.6) is 0 Å². The third kappa shape index (κ3) is 3.77. The molecule has 0 aliphatic carbocycles. The van der Waals surface area contributed by atoms with Gasteiger partial charge in [-0.15, -0.1) is 0 Å². The van der Waals surface area contributed by atoms with Crippen molar-refractivity contribution in [2.24, 2.45) is 0 Å². The first-order chi connectivity index (χ1) is 12.3. The summed E-state index contributed by atoms with van der Waals surface area (Å²) in [6.07, 6.45) is 0. The number of likely N-dealkylation sites (N-methyl/N-ethyl adjacent to an activating group) is 1. The Morgan fingerprint density at radius 1 is 1.08 bits per heavy atom. The lowest BCUT2D eigenvalue weighted by atomic mass is 10.2. The van der Waals surface area contributed by atoms with Gasteiger partial charge in [-0.05, 0) is 26.1 Å². The highest BCUT2D eigenvalue weighted by Crippen LogP contribution is 2.21. The molecule has 0 atom stereocenters. The molecular weight excluding hydrogens is 347 g/mol. The summed E-state index contributed by atoms with van der Waals surface area (Å²) in [4.78, 5) is 25.0. The van der Waals surface area contributed by atoms with Crippen molar-refractivity contribution in [3.8, 4) is 0 Å². The Labute approximate surface area is 148 Å². The topological polar surface area (TPSA) is 61.4 Å². The number of carbonyl (C=O) groups is 1. The summed E-state index contributed by atoms with van der Waals surface area (Å²) in [5, 5.41) is 2.22. The molecule has 1 aliphatic heterocycles. The summed E-state index contributed by atoms with van der Waals surface area (Å²) in [7, 11) is 2.03. The molecule has 1 fully saturated rings. The molecular formula is C17H18F3N5O. The average molecular weight is 365 g/mol. The summed E-state index contributed by atoms with van der Waals surface area (Å²) >= 11 is 0. The summed E-state index contributed by atoms with van der Waals surface area (Å²) in [5.41, 5.74) is -0.429. The van der Waals surface area contributed by atoms with E-state index in [9.17, 15) is 18.0 Å². The number of nitrogens with zero attached hydrogens (tertiary/aromatic N) is 4. The first-order valence-corrected chi connectivity index (χ1v) is 8.09. The number of aryl methyl sites for hydroxylation is 1. The van der Waals surface area contributed by atoms with E-state index >= 15 is 0 Å². The Balaban J connectivity index is 1.83. The largest absolute Gasteiger partial charge is 0.354 e. The fourth-order valence-electron chi connectivity index (χ4n) is 2.67. The van der Waals surface area contributed by atoms with Gasteiger partial charge in [0.25, 0.3) is 5.91 Å². The number of piperazine rings is 1. The van der Waals surface area contributed by atoms with Crippen LogP contribution in [0.15, 0.2) is 18.2 Å². The van der Waals surface area contributed by atoms with Crippen molar-refractivity contribution in [3.63, 3.8) is 0 Å². The zero-order valence-electron chi connectivity index (χ0n) is 14.4. The number of halogens is 3. The Morgan fingerprint density at radius 2 is 1.77 bits per heavy atom. The third-order valence-electron chi connectivity index (χ3n) is 4.17. The maximum atomic E-state index is 13.7. The molecule has 2 heterocycles. The lowest BCUT2D eigenvalue weighted by Gasteiger charge is -2.33. The molecule has 1 amide bonds. The number of hydrogen-bond donors (Lipinski definition) is 1. The van der Waals surface area contributed by atoms with Gasteiger partial charge < -0.3 is 15.1 Å². The summed E-state index contributed by atoms with van der Waals surface area (Å²) in [6, 6.07) is 3.21. The Hall–Kier alpha value is -2.68. The Bertz CT molecular complexity index is 837. The number of hydrogen-bond acceptors (Lipinski definition) is 5. The van der Waals surface area contributed by atoms with Crippen LogP contribution in [0.3, 0.4) is 0 Å². The number of benzene rings is 1. The first-order valence-electron chi connectivity index (χ1n) is 8.09. The van der Waals surface area contributed by atoms with Gasteiger partial charge in [-0.25, -0.2) is 23.1 Å². The van der Waals surface area contributed by atoms with E-state index in [0.717, 1.165) is 38.3 Å². The quantitative estimate of drug-likeness (QED) is 0.845. The number of amides is 1. The molecule has 0 saturated carbocycles. The van der Waals surface area contributed by atoms with Crippen molar-refractivity contribution in [2.75, 3.05) is 43.4 Å². The predicted molar refractivity (Wildman–Crippen MR) is 90.7 cm³/mol. The second kappa shape index (κ2) is 7.28. The maximum absolute atomic E-state index is 13.7. The minimum Gasteiger partial charge on any atom is -0.354 e. The highest BCUT2D eigenvalue weighted by atomic mass is 19.2. The standard InChI is InChI=1S/C17H18F3N5O/c1-10-21-13(9-14(22-10)25-7-5-24(2)6-8-25)17(26)23-12-4-3-11(18)15(19)16(12)20/h3-4,9H,5-8H2,1-2H3,(H,23,26). The lowest BCUT2D eigenvalue weighted by Crippen LogP contribution is -2.45. The lowest BCUT2D eigenvalue weighted by molar-refractivity contribution is 0.102. The van der Waals surface area contributed by atoms with Crippen LogP contribution in [-0.2, 0) is 0 Å².